The summed E-state index contributed by atoms with van der Waals surface area (Å²) in [6.07, 6.45) is 9.27. The average Bonchev–Trinajstić information content (AvgIpc) is 3.72. The lowest BCUT2D eigenvalue weighted by Gasteiger charge is -2.51. The largest absolute Gasteiger partial charge is 0.480 e. The van der Waals surface area contributed by atoms with E-state index in [1.165, 1.54) is 7.11 Å². The van der Waals surface area contributed by atoms with Gasteiger partial charge in [-0.3, -0.25) is 10.00 Å². The molecule has 2 N–H and O–H groups in total. The first-order valence-corrected chi connectivity index (χ1v) is 18.9. The second-order valence-corrected chi connectivity index (χ2v) is 16.5. The number of anilines is 1. The molecule has 2 saturated carbocycles. The lowest BCUT2D eigenvalue weighted by Crippen LogP contribution is -2.55. The van der Waals surface area contributed by atoms with Crippen LogP contribution < -0.4 is 14.4 Å². The zero-order valence-electron chi connectivity index (χ0n) is 30.7. The van der Waals surface area contributed by atoms with Gasteiger partial charge in [-0.05, 0) is 83.4 Å². The van der Waals surface area contributed by atoms with Crippen molar-refractivity contribution in [3.63, 3.8) is 0 Å². The first-order chi connectivity index (χ1) is 24.9. The van der Waals surface area contributed by atoms with Crippen molar-refractivity contribution in [1.29, 1.82) is 0 Å². The Balaban J connectivity index is 1.20. The van der Waals surface area contributed by atoms with Gasteiger partial charge in [-0.2, -0.15) is 15.1 Å². The summed E-state index contributed by atoms with van der Waals surface area (Å²) in [7, 11) is 3.30. The summed E-state index contributed by atoms with van der Waals surface area (Å²) in [5.41, 5.74) is 0.590. The SMILES string of the molecule is COc1nc(-c2c(Cl)c(C)cc3[nH]ncc23)c(F)c2nc(OC[C@]34CCC[C@H]3N(CC3CC(C)(OC)C3)CCC4)nc(N3CCOC[C@@](C)(O)C3)c12. The molecule has 52 heavy (non-hydrogen) atoms. The smallest absolute Gasteiger partial charge is 0.319 e. The predicted octanol–water partition coefficient (Wildman–Crippen LogP) is 6.09. The van der Waals surface area contributed by atoms with Gasteiger partial charge in [0.15, 0.2) is 5.82 Å². The topological polar surface area (TPSA) is 131 Å². The van der Waals surface area contributed by atoms with Crippen molar-refractivity contribution in [2.45, 2.75) is 83.0 Å². The maximum absolute atomic E-state index is 17.2. The van der Waals surface area contributed by atoms with Crippen LogP contribution in [0.3, 0.4) is 0 Å². The Labute approximate surface area is 308 Å². The molecule has 12 nitrogen and oxygen atoms in total. The third-order valence-electron chi connectivity index (χ3n) is 12.1. The third kappa shape index (κ3) is 6.25. The van der Waals surface area contributed by atoms with Gasteiger partial charge in [0, 0.05) is 42.6 Å². The van der Waals surface area contributed by atoms with Crippen molar-refractivity contribution >= 4 is 39.2 Å². The highest BCUT2D eigenvalue weighted by Crippen LogP contribution is 2.50. The molecule has 3 aromatic heterocycles. The van der Waals surface area contributed by atoms with E-state index < -0.39 is 11.4 Å². The summed E-state index contributed by atoms with van der Waals surface area (Å²) >= 11 is 6.87. The number of piperidine rings is 1. The number of benzene rings is 1. The summed E-state index contributed by atoms with van der Waals surface area (Å²) < 4.78 is 41.2. The van der Waals surface area contributed by atoms with Gasteiger partial charge >= 0.3 is 6.01 Å². The number of hydrogen-bond donors (Lipinski definition) is 2. The second kappa shape index (κ2) is 13.5. The minimum Gasteiger partial charge on any atom is -0.480 e. The number of aromatic nitrogens is 5. The fourth-order valence-corrected chi connectivity index (χ4v) is 9.80. The summed E-state index contributed by atoms with van der Waals surface area (Å²) in [5.74, 6) is 0.446. The number of halogens is 2. The van der Waals surface area contributed by atoms with E-state index in [9.17, 15) is 5.11 Å². The Morgan fingerprint density at radius 3 is 2.73 bits per heavy atom. The molecule has 0 spiro atoms. The molecule has 5 heterocycles. The Morgan fingerprint density at radius 1 is 1.13 bits per heavy atom. The number of aryl methyl sites for hydroxylation is 1. The van der Waals surface area contributed by atoms with Crippen LogP contribution in [0.5, 0.6) is 11.9 Å². The van der Waals surface area contributed by atoms with E-state index in [0.29, 0.717) is 59.0 Å². The van der Waals surface area contributed by atoms with E-state index in [1.54, 1.807) is 13.1 Å². The molecule has 280 valence electrons. The van der Waals surface area contributed by atoms with Gasteiger partial charge in [0.25, 0.3) is 0 Å². The number of pyridine rings is 1. The molecule has 2 saturated heterocycles. The normalized spacial score (nSPS) is 29.7. The molecule has 0 unspecified atom stereocenters. The molecule has 0 bridgehead atoms. The molecule has 2 aliphatic heterocycles. The van der Waals surface area contributed by atoms with Crippen LogP contribution in [0, 0.1) is 24.1 Å². The van der Waals surface area contributed by atoms with Crippen molar-refractivity contribution in [1.82, 2.24) is 30.0 Å². The minimum atomic E-state index is -1.18. The van der Waals surface area contributed by atoms with Crippen LogP contribution in [0.25, 0.3) is 33.1 Å². The molecule has 14 heteroatoms. The zero-order chi connectivity index (χ0) is 36.4. The number of ether oxygens (including phenoxy) is 4. The van der Waals surface area contributed by atoms with Crippen molar-refractivity contribution in [2.24, 2.45) is 11.3 Å². The predicted molar refractivity (Wildman–Crippen MR) is 197 cm³/mol. The molecule has 4 aromatic rings. The second-order valence-electron chi connectivity index (χ2n) is 16.1. The van der Waals surface area contributed by atoms with Crippen LogP contribution in [-0.4, -0.2) is 113 Å². The zero-order valence-corrected chi connectivity index (χ0v) is 31.5. The van der Waals surface area contributed by atoms with Gasteiger partial charge in [0.1, 0.15) is 28.0 Å². The molecule has 4 aliphatic rings. The lowest BCUT2D eigenvalue weighted by molar-refractivity contribution is -0.106. The monoisotopic (exact) mass is 737 g/mol. The van der Waals surface area contributed by atoms with Crippen LogP contribution in [0.1, 0.15) is 64.4 Å². The molecular weight excluding hydrogens is 689 g/mol. The van der Waals surface area contributed by atoms with Gasteiger partial charge in [-0.15, -0.1) is 0 Å². The summed E-state index contributed by atoms with van der Waals surface area (Å²) in [6.45, 7) is 9.45. The number of rotatable bonds is 9. The Kier molecular flexibility index (Phi) is 9.25. The number of methoxy groups -OCH3 is 2. The Hall–Kier alpha value is -3.36. The van der Waals surface area contributed by atoms with Crippen molar-refractivity contribution in [2.75, 3.05) is 65.1 Å². The maximum atomic E-state index is 17.2. The van der Waals surface area contributed by atoms with E-state index in [2.05, 4.69) is 22.0 Å². The van der Waals surface area contributed by atoms with Crippen LogP contribution in [0.2, 0.25) is 5.02 Å². The highest BCUT2D eigenvalue weighted by molar-refractivity contribution is 6.35. The number of likely N-dealkylation sites (tertiary alicyclic amines) is 1. The maximum Gasteiger partial charge on any atom is 0.319 e. The van der Waals surface area contributed by atoms with E-state index >= 15 is 4.39 Å². The molecule has 0 amide bonds. The number of fused-ring (bicyclic) bond motifs is 3. The number of H-pyrrole nitrogens is 1. The minimum absolute atomic E-state index is 0.00204. The highest BCUT2D eigenvalue weighted by atomic mass is 35.5. The first kappa shape index (κ1) is 35.7. The fourth-order valence-electron chi connectivity index (χ4n) is 9.55. The standard InChI is InChI=1S/C38H49ClFN7O5/c1-22-14-25-24(17-41-45-25)27(29(22)39)31-30(40)32-28(34(42-31)49-4)33(47-12-13-51-20-36(2,48)19-47)44-35(43-32)52-21-38-9-6-8-26(38)46(11-7-10-38)18-23-15-37(3,16-23)50-5/h14,17,23,26,48H,6-13,15-16,18-21H2,1-5H3,(H,41,45)/t23?,26-,36+,37?,38-/m1/s1. The van der Waals surface area contributed by atoms with Gasteiger partial charge in [0.05, 0.1) is 55.8 Å². The average molecular weight is 738 g/mol. The molecule has 1 aromatic carbocycles. The number of hydrogen-bond acceptors (Lipinski definition) is 11. The third-order valence-corrected chi connectivity index (χ3v) is 12.6. The molecule has 2 aliphatic carbocycles. The van der Waals surface area contributed by atoms with E-state index in [1.807, 2.05) is 25.0 Å². The van der Waals surface area contributed by atoms with Gasteiger partial charge in [-0.1, -0.05) is 18.0 Å². The van der Waals surface area contributed by atoms with Crippen molar-refractivity contribution < 1.29 is 28.4 Å². The summed E-state index contributed by atoms with van der Waals surface area (Å²) in [4.78, 5) is 19.0. The number of aromatic amines is 1. The first-order valence-electron chi connectivity index (χ1n) is 18.5. The van der Waals surface area contributed by atoms with Gasteiger partial charge in [0.2, 0.25) is 5.88 Å². The highest BCUT2D eigenvalue weighted by Gasteiger charge is 2.50. The number of nitrogens with one attached hydrogen (secondary N) is 1. The van der Waals surface area contributed by atoms with E-state index in [4.69, 9.17) is 45.5 Å². The van der Waals surface area contributed by atoms with Crippen LogP contribution in [0.15, 0.2) is 12.3 Å². The molecule has 3 atom stereocenters. The van der Waals surface area contributed by atoms with Gasteiger partial charge in [-0.25, -0.2) is 9.37 Å². The van der Waals surface area contributed by atoms with Crippen LogP contribution >= 0.6 is 11.6 Å². The quantitative estimate of drug-likeness (QED) is 0.207. The molecule has 4 fully saturated rings. The van der Waals surface area contributed by atoms with Gasteiger partial charge < -0.3 is 29.0 Å². The Morgan fingerprint density at radius 2 is 1.94 bits per heavy atom. The van der Waals surface area contributed by atoms with Crippen LogP contribution in [-0.2, 0) is 9.47 Å². The molecule has 0 radical (unpaired) electrons. The van der Waals surface area contributed by atoms with E-state index in [0.717, 1.165) is 63.6 Å². The van der Waals surface area contributed by atoms with E-state index in [-0.39, 0.29) is 52.7 Å². The number of nitrogens with zero attached hydrogens (tertiary/aromatic N) is 6. The van der Waals surface area contributed by atoms with Crippen molar-refractivity contribution in [3.8, 4) is 23.1 Å². The molecule has 8 rings (SSSR count). The summed E-state index contributed by atoms with van der Waals surface area (Å²) in [5, 5.41) is 19.6. The lowest BCUT2D eigenvalue weighted by atomic mass is 9.70. The molecular formula is C38H49ClFN7O5. The Bertz CT molecular complexity index is 1990. The number of aliphatic hydroxyl groups is 1. The summed E-state index contributed by atoms with van der Waals surface area (Å²) in [6, 6.07) is 2.34. The van der Waals surface area contributed by atoms with Crippen LogP contribution in [0.4, 0.5) is 10.2 Å². The number of β-amino-alcohol motifs (C(OH)–C–C–N with tert-alkyl or cyclic N) is 1. The fraction of sp³-hybridized carbons (Fsp3) is 0.632. The van der Waals surface area contributed by atoms with Crippen molar-refractivity contribution in [3.05, 3.63) is 28.7 Å².